The minimum atomic E-state index is 0.440. The number of halogens is 1. The molecule has 0 aliphatic heterocycles. The van der Waals surface area contributed by atoms with Crippen molar-refractivity contribution in [1.82, 2.24) is 10.2 Å². The average molecular weight is 226 g/mol. The summed E-state index contributed by atoms with van der Waals surface area (Å²) in [6.07, 6.45) is 4.05. The van der Waals surface area contributed by atoms with Crippen LogP contribution in [0.1, 0.15) is 26.2 Å². The first-order valence-corrected chi connectivity index (χ1v) is 5.86. The summed E-state index contributed by atoms with van der Waals surface area (Å²) in [5, 5.41) is 11.5. The number of nitrogens with one attached hydrogen (secondary N) is 1. The van der Waals surface area contributed by atoms with Crippen molar-refractivity contribution in [2.45, 2.75) is 26.2 Å². The summed E-state index contributed by atoms with van der Waals surface area (Å²) in [6, 6.07) is 3.63. The topological polar surface area (TPSA) is 37.8 Å². The SMILES string of the molecule is CC1CCCC1CNc1ccc(Cl)nn1. The Labute approximate surface area is 95.2 Å². The van der Waals surface area contributed by atoms with Crippen LogP contribution in [0, 0.1) is 11.8 Å². The number of hydrogen-bond acceptors (Lipinski definition) is 3. The van der Waals surface area contributed by atoms with E-state index in [0.717, 1.165) is 24.2 Å². The molecule has 4 heteroatoms. The molecule has 15 heavy (non-hydrogen) atoms. The molecule has 1 fully saturated rings. The van der Waals surface area contributed by atoms with Crippen molar-refractivity contribution in [3.05, 3.63) is 17.3 Å². The first-order valence-electron chi connectivity index (χ1n) is 5.49. The fourth-order valence-corrected chi connectivity index (χ4v) is 2.27. The molecule has 1 saturated carbocycles. The second-order valence-electron chi connectivity index (χ2n) is 4.29. The van der Waals surface area contributed by atoms with Crippen LogP contribution in [0.5, 0.6) is 0 Å². The summed E-state index contributed by atoms with van der Waals surface area (Å²) in [6.45, 7) is 3.32. The molecule has 1 aromatic rings. The van der Waals surface area contributed by atoms with Gasteiger partial charge in [0, 0.05) is 6.54 Å². The van der Waals surface area contributed by atoms with Crippen molar-refractivity contribution < 1.29 is 0 Å². The maximum atomic E-state index is 5.66. The molecule has 2 unspecified atom stereocenters. The highest BCUT2D eigenvalue weighted by atomic mass is 35.5. The predicted octanol–water partition coefficient (Wildman–Crippen LogP) is 2.98. The molecule has 0 saturated heterocycles. The van der Waals surface area contributed by atoms with Crippen LogP contribution in [0.4, 0.5) is 5.82 Å². The Kier molecular flexibility index (Phi) is 3.41. The Morgan fingerprint density at radius 2 is 2.27 bits per heavy atom. The van der Waals surface area contributed by atoms with E-state index in [0.29, 0.717) is 5.15 Å². The Morgan fingerprint density at radius 1 is 1.40 bits per heavy atom. The summed E-state index contributed by atoms with van der Waals surface area (Å²) in [5.41, 5.74) is 0. The van der Waals surface area contributed by atoms with Crippen LogP contribution < -0.4 is 5.32 Å². The lowest BCUT2D eigenvalue weighted by Crippen LogP contribution is -2.17. The van der Waals surface area contributed by atoms with Gasteiger partial charge in [-0.2, -0.15) is 0 Å². The molecule has 3 nitrogen and oxygen atoms in total. The van der Waals surface area contributed by atoms with Gasteiger partial charge in [0.25, 0.3) is 0 Å². The lowest BCUT2D eigenvalue weighted by molar-refractivity contribution is 0.439. The van der Waals surface area contributed by atoms with Gasteiger partial charge in [-0.25, -0.2) is 0 Å². The van der Waals surface area contributed by atoms with Gasteiger partial charge in [0.15, 0.2) is 5.15 Å². The van der Waals surface area contributed by atoms with E-state index in [1.54, 1.807) is 6.07 Å². The third-order valence-corrected chi connectivity index (χ3v) is 3.42. The minimum Gasteiger partial charge on any atom is -0.368 e. The number of nitrogens with zero attached hydrogens (tertiary/aromatic N) is 2. The van der Waals surface area contributed by atoms with Crippen molar-refractivity contribution in [2.75, 3.05) is 11.9 Å². The summed E-state index contributed by atoms with van der Waals surface area (Å²) < 4.78 is 0. The largest absolute Gasteiger partial charge is 0.368 e. The van der Waals surface area contributed by atoms with Crippen LogP contribution >= 0.6 is 11.6 Å². The van der Waals surface area contributed by atoms with E-state index in [4.69, 9.17) is 11.6 Å². The third-order valence-electron chi connectivity index (χ3n) is 3.22. The van der Waals surface area contributed by atoms with Crippen LogP contribution in [-0.4, -0.2) is 16.7 Å². The third kappa shape index (κ3) is 2.81. The highest BCUT2D eigenvalue weighted by Crippen LogP contribution is 2.30. The molecule has 2 rings (SSSR count). The standard InChI is InChI=1S/C11H16ClN3/c1-8-3-2-4-9(8)7-13-11-6-5-10(12)14-15-11/h5-6,8-9H,2-4,7H2,1H3,(H,13,15). The zero-order valence-electron chi connectivity index (χ0n) is 8.91. The van der Waals surface area contributed by atoms with Gasteiger partial charge in [-0.15, -0.1) is 10.2 Å². The first-order chi connectivity index (χ1) is 7.25. The molecular formula is C11H16ClN3. The number of aromatic nitrogens is 2. The van der Waals surface area contributed by atoms with Gasteiger partial charge < -0.3 is 5.32 Å². The Balaban J connectivity index is 1.85. The van der Waals surface area contributed by atoms with E-state index >= 15 is 0 Å². The van der Waals surface area contributed by atoms with Gasteiger partial charge in [0.1, 0.15) is 5.82 Å². The van der Waals surface area contributed by atoms with Crippen LogP contribution in [0.25, 0.3) is 0 Å². The van der Waals surface area contributed by atoms with Crippen molar-refractivity contribution in [2.24, 2.45) is 11.8 Å². The summed E-state index contributed by atoms with van der Waals surface area (Å²) >= 11 is 5.66. The van der Waals surface area contributed by atoms with E-state index in [-0.39, 0.29) is 0 Å². The van der Waals surface area contributed by atoms with Gasteiger partial charge in [0.05, 0.1) is 0 Å². The second kappa shape index (κ2) is 4.79. The van der Waals surface area contributed by atoms with Crippen molar-refractivity contribution in [3.8, 4) is 0 Å². The molecule has 0 amide bonds. The maximum absolute atomic E-state index is 5.66. The van der Waals surface area contributed by atoms with E-state index in [2.05, 4.69) is 22.4 Å². The second-order valence-corrected chi connectivity index (χ2v) is 4.68. The number of hydrogen-bond donors (Lipinski definition) is 1. The molecule has 2 atom stereocenters. The molecule has 0 spiro atoms. The smallest absolute Gasteiger partial charge is 0.151 e. The zero-order valence-corrected chi connectivity index (χ0v) is 9.67. The van der Waals surface area contributed by atoms with E-state index in [1.807, 2.05) is 6.07 Å². The minimum absolute atomic E-state index is 0.440. The Bertz CT molecular complexity index is 312. The van der Waals surface area contributed by atoms with Gasteiger partial charge in [-0.3, -0.25) is 0 Å². The molecule has 1 aromatic heterocycles. The Morgan fingerprint density at radius 3 is 2.87 bits per heavy atom. The molecule has 82 valence electrons. The molecule has 1 N–H and O–H groups in total. The molecular weight excluding hydrogens is 210 g/mol. The van der Waals surface area contributed by atoms with Gasteiger partial charge >= 0.3 is 0 Å². The highest BCUT2D eigenvalue weighted by Gasteiger charge is 2.22. The molecule has 0 aromatic carbocycles. The molecule has 0 radical (unpaired) electrons. The lowest BCUT2D eigenvalue weighted by atomic mass is 9.98. The quantitative estimate of drug-likeness (QED) is 0.860. The molecule has 1 aliphatic carbocycles. The average Bonchev–Trinajstić information content (AvgIpc) is 2.63. The van der Waals surface area contributed by atoms with Crippen LogP contribution in [-0.2, 0) is 0 Å². The highest BCUT2D eigenvalue weighted by molar-refractivity contribution is 6.29. The Hall–Kier alpha value is -0.830. The van der Waals surface area contributed by atoms with E-state index < -0.39 is 0 Å². The van der Waals surface area contributed by atoms with Gasteiger partial charge in [0.2, 0.25) is 0 Å². The van der Waals surface area contributed by atoms with Crippen LogP contribution in [0.2, 0.25) is 5.15 Å². The maximum Gasteiger partial charge on any atom is 0.151 e. The van der Waals surface area contributed by atoms with Crippen molar-refractivity contribution in [3.63, 3.8) is 0 Å². The monoisotopic (exact) mass is 225 g/mol. The van der Waals surface area contributed by atoms with Gasteiger partial charge in [-0.1, -0.05) is 31.4 Å². The van der Waals surface area contributed by atoms with Crippen LogP contribution in [0.15, 0.2) is 12.1 Å². The normalized spacial score (nSPS) is 25.5. The molecule has 1 aliphatic rings. The van der Waals surface area contributed by atoms with Crippen molar-refractivity contribution in [1.29, 1.82) is 0 Å². The fraction of sp³-hybridized carbons (Fsp3) is 0.636. The van der Waals surface area contributed by atoms with E-state index in [1.165, 1.54) is 19.3 Å². The van der Waals surface area contributed by atoms with Crippen molar-refractivity contribution >= 4 is 17.4 Å². The lowest BCUT2D eigenvalue weighted by Gasteiger charge is -2.15. The number of rotatable bonds is 3. The first kappa shape index (κ1) is 10.7. The predicted molar refractivity (Wildman–Crippen MR) is 62.0 cm³/mol. The summed E-state index contributed by atoms with van der Waals surface area (Å²) in [5.74, 6) is 2.43. The molecule has 0 bridgehead atoms. The number of anilines is 1. The molecule has 1 heterocycles. The fourth-order valence-electron chi connectivity index (χ4n) is 2.17. The zero-order chi connectivity index (χ0) is 10.7. The van der Waals surface area contributed by atoms with Crippen LogP contribution in [0.3, 0.4) is 0 Å². The summed E-state index contributed by atoms with van der Waals surface area (Å²) in [4.78, 5) is 0. The summed E-state index contributed by atoms with van der Waals surface area (Å²) in [7, 11) is 0. The van der Waals surface area contributed by atoms with Gasteiger partial charge in [-0.05, 0) is 30.4 Å². The van der Waals surface area contributed by atoms with E-state index in [9.17, 15) is 0 Å².